The third-order valence-corrected chi connectivity index (χ3v) is 4.96. The van der Waals surface area contributed by atoms with Crippen LogP contribution in [0.15, 0.2) is 63.9 Å². The third kappa shape index (κ3) is 4.65. The number of nitrogens with one attached hydrogen (secondary N) is 1. The number of carbonyl (C=O) groups is 1. The van der Waals surface area contributed by atoms with Crippen molar-refractivity contribution >= 4 is 21.8 Å². The average Bonchev–Trinajstić information content (AvgIpc) is 3.19. The van der Waals surface area contributed by atoms with E-state index in [9.17, 15) is 9.59 Å². The van der Waals surface area contributed by atoms with Gasteiger partial charge in [-0.05, 0) is 42.0 Å². The molecule has 7 nitrogen and oxygen atoms in total. The summed E-state index contributed by atoms with van der Waals surface area (Å²) in [4.78, 5) is 24.3. The molecule has 8 heteroatoms. The highest BCUT2D eigenvalue weighted by atomic mass is 79.9. The molecule has 3 aromatic rings. The first-order valence-corrected chi connectivity index (χ1v) is 9.87. The van der Waals surface area contributed by atoms with Crippen LogP contribution in [0.5, 0.6) is 11.5 Å². The smallest absolute Gasteiger partial charge is 0.266 e. The minimum absolute atomic E-state index is 0.146. The van der Waals surface area contributed by atoms with Crippen LogP contribution in [0.25, 0.3) is 11.3 Å². The Hall–Kier alpha value is -3.13. The molecule has 0 bridgehead atoms. The lowest BCUT2D eigenvalue weighted by Crippen LogP contribution is -2.28. The molecule has 2 heterocycles. The number of nitrogens with zero attached hydrogens (tertiary/aromatic N) is 2. The first kappa shape index (κ1) is 19.2. The second kappa shape index (κ2) is 8.48. The van der Waals surface area contributed by atoms with Gasteiger partial charge in [0.2, 0.25) is 12.7 Å². The van der Waals surface area contributed by atoms with Crippen molar-refractivity contribution in [3.8, 4) is 22.8 Å². The number of aryl methyl sites for hydroxylation is 1. The molecule has 0 radical (unpaired) electrons. The van der Waals surface area contributed by atoms with Crippen LogP contribution in [0.2, 0.25) is 0 Å². The number of hydrogen-bond donors (Lipinski definition) is 1. The topological polar surface area (TPSA) is 82.5 Å². The fraction of sp³-hybridized carbons (Fsp3) is 0.190. The highest BCUT2D eigenvalue weighted by Gasteiger charge is 2.15. The second-order valence-electron chi connectivity index (χ2n) is 6.50. The van der Waals surface area contributed by atoms with Crippen molar-refractivity contribution in [2.24, 2.45) is 0 Å². The van der Waals surface area contributed by atoms with Gasteiger partial charge in [-0.3, -0.25) is 9.59 Å². The zero-order chi connectivity index (χ0) is 20.2. The van der Waals surface area contributed by atoms with Crippen molar-refractivity contribution in [3.63, 3.8) is 0 Å². The molecule has 0 unspecified atom stereocenters. The van der Waals surface area contributed by atoms with E-state index in [2.05, 4.69) is 26.3 Å². The van der Waals surface area contributed by atoms with Gasteiger partial charge in [0.15, 0.2) is 11.5 Å². The monoisotopic (exact) mass is 455 g/mol. The zero-order valence-corrected chi connectivity index (χ0v) is 17.0. The van der Waals surface area contributed by atoms with E-state index < -0.39 is 0 Å². The SMILES string of the molecule is O=C(CCn1nc(-c2ccc3c(c2)OCO3)ccc1=O)NCc1cccc(Br)c1. The first-order valence-electron chi connectivity index (χ1n) is 9.08. The number of benzene rings is 2. The predicted octanol–water partition coefficient (Wildman–Crippen LogP) is 3.11. The van der Waals surface area contributed by atoms with Gasteiger partial charge in [-0.2, -0.15) is 5.10 Å². The molecule has 1 N–H and O–H groups in total. The molecule has 0 spiro atoms. The highest BCUT2D eigenvalue weighted by Crippen LogP contribution is 2.35. The molecule has 1 aliphatic heterocycles. The molecule has 0 aliphatic carbocycles. The maximum Gasteiger partial charge on any atom is 0.266 e. The van der Waals surface area contributed by atoms with Gasteiger partial charge in [0.05, 0.1) is 12.2 Å². The number of hydrogen-bond acceptors (Lipinski definition) is 5. The van der Waals surface area contributed by atoms with E-state index in [1.54, 1.807) is 6.07 Å². The predicted molar refractivity (Wildman–Crippen MR) is 111 cm³/mol. The van der Waals surface area contributed by atoms with Crippen molar-refractivity contribution in [3.05, 3.63) is 75.0 Å². The molecule has 0 atom stereocenters. The number of carbonyl (C=O) groups excluding carboxylic acids is 1. The Kier molecular flexibility index (Phi) is 5.62. The van der Waals surface area contributed by atoms with Gasteiger partial charge in [0.1, 0.15) is 0 Å². The standard InChI is InChI=1S/C21H18BrN3O4/c22-16-3-1-2-14(10-16)12-23-20(26)8-9-25-21(27)7-5-17(24-25)15-4-6-18-19(11-15)29-13-28-18/h1-7,10-11H,8-9,12-13H2,(H,23,26). The molecule has 1 aromatic heterocycles. The van der Waals surface area contributed by atoms with Crippen LogP contribution in [-0.4, -0.2) is 22.5 Å². The number of halogens is 1. The minimum atomic E-state index is -0.255. The summed E-state index contributed by atoms with van der Waals surface area (Å²) in [5.74, 6) is 1.19. The highest BCUT2D eigenvalue weighted by molar-refractivity contribution is 9.10. The summed E-state index contributed by atoms with van der Waals surface area (Å²) in [7, 11) is 0. The van der Waals surface area contributed by atoms with Crippen molar-refractivity contribution in [2.45, 2.75) is 19.5 Å². The molecular weight excluding hydrogens is 438 g/mol. The van der Waals surface area contributed by atoms with Crippen LogP contribution in [0.4, 0.5) is 0 Å². The first-order chi connectivity index (χ1) is 14.1. The maximum absolute atomic E-state index is 12.2. The fourth-order valence-corrected chi connectivity index (χ4v) is 3.41. The molecular formula is C21H18BrN3O4. The summed E-state index contributed by atoms with van der Waals surface area (Å²) in [5.41, 5.74) is 2.17. The summed E-state index contributed by atoms with van der Waals surface area (Å²) >= 11 is 3.41. The summed E-state index contributed by atoms with van der Waals surface area (Å²) in [6, 6.07) is 16.3. The summed E-state index contributed by atoms with van der Waals surface area (Å²) in [6.45, 7) is 0.820. The molecule has 1 aliphatic rings. The Balaban J connectivity index is 1.40. The molecule has 0 saturated heterocycles. The quantitative estimate of drug-likeness (QED) is 0.617. The van der Waals surface area contributed by atoms with Gasteiger partial charge in [-0.25, -0.2) is 4.68 Å². The van der Waals surface area contributed by atoms with Crippen molar-refractivity contribution in [2.75, 3.05) is 6.79 Å². The molecule has 2 aromatic carbocycles. The molecule has 0 fully saturated rings. The summed E-state index contributed by atoms with van der Waals surface area (Å²) in [6.07, 6.45) is 0.158. The normalized spacial score (nSPS) is 12.0. The maximum atomic E-state index is 12.2. The number of fused-ring (bicyclic) bond motifs is 1. The third-order valence-electron chi connectivity index (χ3n) is 4.46. The van der Waals surface area contributed by atoms with Crippen LogP contribution in [-0.2, 0) is 17.9 Å². The number of ether oxygens (including phenoxy) is 2. The zero-order valence-electron chi connectivity index (χ0n) is 15.4. The van der Waals surface area contributed by atoms with E-state index in [1.807, 2.05) is 42.5 Å². The number of amides is 1. The molecule has 0 saturated carbocycles. The van der Waals surface area contributed by atoms with Crippen LogP contribution in [0.3, 0.4) is 0 Å². The van der Waals surface area contributed by atoms with Gasteiger partial charge in [-0.1, -0.05) is 28.1 Å². The van der Waals surface area contributed by atoms with Gasteiger partial charge in [0.25, 0.3) is 5.56 Å². The average molecular weight is 456 g/mol. The minimum Gasteiger partial charge on any atom is -0.454 e. The summed E-state index contributed by atoms with van der Waals surface area (Å²) in [5, 5.41) is 7.25. The fourth-order valence-electron chi connectivity index (χ4n) is 2.96. The summed E-state index contributed by atoms with van der Waals surface area (Å²) < 4.78 is 13.0. The van der Waals surface area contributed by atoms with Crippen LogP contribution in [0.1, 0.15) is 12.0 Å². The van der Waals surface area contributed by atoms with Crippen LogP contribution in [0, 0.1) is 0 Å². The van der Waals surface area contributed by atoms with Crippen molar-refractivity contribution in [1.82, 2.24) is 15.1 Å². The van der Waals surface area contributed by atoms with E-state index in [4.69, 9.17) is 9.47 Å². The lowest BCUT2D eigenvalue weighted by molar-refractivity contribution is -0.121. The lowest BCUT2D eigenvalue weighted by Gasteiger charge is -2.09. The Labute approximate surface area is 175 Å². The van der Waals surface area contributed by atoms with Crippen LogP contribution >= 0.6 is 15.9 Å². The van der Waals surface area contributed by atoms with E-state index >= 15 is 0 Å². The Morgan fingerprint density at radius 2 is 1.97 bits per heavy atom. The van der Waals surface area contributed by atoms with Crippen molar-refractivity contribution < 1.29 is 14.3 Å². The molecule has 1 amide bonds. The lowest BCUT2D eigenvalue weighted by atomic mass is 10.1. The van der Waals surface area contributed by atoms with Gasteiger partial charge >= 0.3 is 0 Å². The molecule has 29 heavy (non-hydrogen) atoms. The number of rotatable bonds is 6. The Morgan fingerprint density at radius 3 is 2.83 bits per heavy atom. The Morgan fingerprint density at radius 1 is 1.10 bits per heavy atom. The van der Waals surface area contributed by atoms with E-state index in [-0.39, 0.29) is 31.2 Å². The molecule has 148 valence electrons. The van der Waals surface area contributed by atoms with Crippen molar-refractivity contribution in [1.29, 1.82) is 0 Å². The van der Waals surface area contributed by atoms with E-state index in [0.717, 1.165) is 15.6 Å². The van der Waals surface area contributed by atoms with Gasteiger partial charge < -0.3 is 14.8 Å². The largest absolute Gasteiger partial charge is 0.454 e. The van der Waals surface area contributed by atoms with Gasteiger partial charge in [0, 0.05) is 29.1 Å². The van der Waals surface area contributed by atoms with Gasteiger partial charge in [-0.15, -0.1) is 0 Å². The molecule has 4 rings (SSSR count). The Bertz CT molecular complexity index is 1110. The second-order valence-corrected chi connectivity index (χ2v) is 7.42. The number of aromatic nitrogens is 2. The van der Waals surface area contributed by atoms with E-state index in [0.29, 0.717) is 23.7 Å². The van der Waals surface area contributed by atoms with Crippen LogP contribution < -0.4 is 20.3 Å². The van der Waals surface area contributed by atoms with E-state index in [1.165, 1.54) is 10.7 Å².